The number of allylic oxidation sites excluding steroid dienone is 2. The third-order valence-electron chi connectivity index (χ3n) is 8.01. The predicted molar refractivity (Wildman–Crippen MR) is 161 cm³/mol. The van der Waals surface area contributed by atoms with Crippen molar-refractivity contribution in [3.8, 4) is 0 Å². The van der Waals surface area contributed by atoms with Crippen LogP contribution in [0.25, 0.3) is 0 Å². The van der Waals surface area contributed by atoms with Gasteiger partial charge in [-0.2, -0.15) is 0 Å². The van der Waals surface area contributed by atoms with Crippen molar-refractivity contribution in [2.75, 3.05) is 13.1 Å². The molecular formula is C27H57BN2Si2Sn. The van der Waals surface area contributed by atoms with Crippen LogP contribution in [-0.2, 0) is 0 Å². The topological polar surface area (TPSA) is 6.48 Å². The summed E-state index contributed by atoms with van der Waals surface area (Å²) in [6.45, 7) is 42.0. The van der Waals surface area contributed by atoms with E-state index in [-0.39, 0.29) is 11.1 Å². The summed E-state index contributed by atoms with van der Waals surface area (Å²) >= 11 is -3.41. The Bertz CT molecular complexity index is 765. The standard InChI is InChI=1S/C16H33BSi2.C11H24N2.Sn/c1-10-15(13-18(4,5)6)16(14-19(7,8)9)17(11-2)12-3;1-10(2,3)12-8-7-9-13-11(4,5)6;/h10-12H2,1-9H3;7-9H2,1-6H3;/q;-2;+2. The van der Waals surface area contributed by atoms with Gasteiger partial charge in [0.1, 0.15) is 0 Å². The van der Waals surface area contributed by atoms with Crippen molar-refractivity contribution in [1.82, 2.24) is 6.24 Å². The van der Waals surface area contributed by atoms with Crippen molar-refractivity contribution in [1.29, 1.82) is 0 Å². The van der Waals surface area contributed by atoms with E-state index in [9.17, 15) is 0 Å². The molecule has 0 bridgehead atoms. The van der Waals surface area contributed by atoms with Crippen molar-refractivity contribution in [2.45, 2.75) is 138 Å². The fourth-order valence-corrected chi connectivity index (χ4v) is 52.9. The van der Waals surface area contributed by atoms with Crippen molar-refractivity contribution < 1.29 is 0 Å². The zero-order chi connectivity index (χ0) is 25.8. The first-order valence-corrected chi connectivity index (χ1v) is 26.3. The molecule has 2 rings (SSSR count). The zero-order valence-electron chi connectivity index (χ0n) is 25.2. The van der Waals surface area contributed by atoms with E-state index in [0.29, 0.717) is 0 Å². The Morgan fingerprint density at radius 2 is 1.12 bits per heavy atom. The van der Waals surface area contributed by atoms with Gasteiger partial charge in [-0.15, -0.1) is 0 Å². The zero-order valence-corrected chi connectivity index (χ0v) is 30.1. The van der Waals surface area contributed by atoms with Crippen LogP contribution < -0.4 is 0 Å². The number of hydrogen-bond donors (Lipinski definition) is 0. The van der Waals surface area contributed by atoms with E-state index >= 15 is 0 Å². The van der Waals surface area contributed by atoms with Gasteiger partial charge in [0.05, 0.1) is 0 Å². The summed E-state index contributed by atoms with van der Waals surface area (Å²) in [6, 6.07) is 0. The Morgan fingerprint density at radius 3 is 1.39 bits per heavy atom. The number of hydrogen-bond acceptors (Lipinski definition) is 2. The molecule has 0 aromatic rings. The van der Waals surface area contributed by atoms with Gasteiger partial charge in [-0.25, -0.2) is 0 Å². The Hall–Kier alpha value is 0.697. The third-order valence-corrected chi connectivity index (χ3v) is 44.3. The minimum absolute atomic E-state index is 0.206. The van der Waals surface area contributed by atoms with Crippen LogP contribution in [0.5, 0.6) is 0 Å². The molecule has 0 atom stereocenters. The van der Waals surface area contributed by atoms with E-state index in [1.54, 1.807) is 0 Å². The molecule has 2 heterocycles. The third kappa shape index (κ3) is 5.24. The van der Waals surface area contributed by atoms with Crippen molar-refractivity contribution in [3.63, 3.8) is 0 Å². The van der Waals surface area contributed by atoms with E-state index in [1.165, 1.54) is 38.6 Å². The van der Waals surface area contributed by atoms with Gasteiger partial charge in [0.2, 0.25) is 0 Å². The monoisotopic (exact) mass is 596 g/mol. The molecule has 2 aliphatic rings. The summed E-state index contributed by atoms with van der Waals surface area (Å²) in [5, 5.41) is 0. The Morgan fingerprint density at radius 1 is 0.727 bits per heavy atom. The first-order chi connectivity index (χ1) is 14.8. The van der Waals surface area contributed by atoms with Crippen LogP contribution in [0, 0.1) is 0 Å². The Labute approximate surface area is 215 Å². The molecule has 0 saturated carbocycles. The summed E-state index contributed by atoms with van der Waals surface area (Å²) in [5.41, 5.74) is 4.18. The second kappa shape index (κ2) is 9.87. The SMILES string of the molecule is CCB(CC)C1=[C]([Si](C)(C)C)[Sn]2([C]([Si](C)(C)C)=C1CC)[N](C(C)(C)C)CCC[N]2C(C)(C)C. The Balaban J connectivity index is 3.26. The molecule has 6 heteroatoms. The maximum absolute atomic E-state index is 3.41. The predicted octanol–water partition coefficient (Wildman–Crippen LogP) is 7.96. The average Bonchev–Trinajstić information content (AvgIpc) is 2.91. The first-order valence-electron chi connectivity index (χ1n) is 13.9. The molecular weight excluding hydrogens is 538 g/mol. The normalized spacial score (nSPS) is 21.5. The summed E-state index contributed by atoms with van der Waals surface area (Å²) in [4.78, 5) is 0. The van der Waals surface area contributed by atoms with Gasteiger partial charge in [-0.3, -0.25) is 0 Å². The van der Waals surface area contributed by atoms with E-state index in [1.807, 2.05) is 11.0 Å². The molecule has 1 spiro atoms. The van der Waals surface area contributed by atoms with Crippen molar-refractivity contribution in [3.05, 3.63) is 17.5 Å². The van der Waals surface area contributed by atoms with Gasteiger partial charge in [0.25, 0.3) is 0 Å². The maximum atomic E-state index is 3.20. The summed E-state index contributed by atoms with van der Waals surface area (Å²) in [7, 11) is -3.16. The van der Waals surface area contributed by atoms with E-state index in [2.05, 4.69) is 114 Å². The molecule has 33 heavy (non-hydrogen) atoms. The minimum atomic E-state index is -3.41. The molecule has 0 aromatic heterocycles. The van der Waals surface area contributed by atoms with E-state index in [4.69, 9.17) is 0 Å². The van der Waals surface area contributed by atoms with E-state index in [0.717, 1.165) is 6.71 Å². The van der Waals surface area contributed by atoms with Crippen molar-refractivity contribution >= 4 is 41.8 Å². The molecule has 0 aliphatic carbocycles. The summed E-state index contributed by atoms with van der Waals surface area (Å²) < 4.78 is 10.6. The van der Waals surface area contributed by atoms with E-state index < -0.39 is 35.1 Å². The van der Waals surface area contributed by atoms with Crippen LogP contribution >= 0.6 is 0 Å². The van der Waals surface area contributed by atoms with Crippen LogP contribution in [0.3, 0.4) is 0 Å². The average molecular weight is 595 g/mol. The van der Waals surface area contributed by atoms with Gasteiger partial charge in [-0.1, -0.05) is 0 Å². The molecule has 0 unspecified atom stereocenters. The van der Waals surface area contributed by atoms with Crippen molar-refractivity contribution in [2.24, 2.45) is 0 Å². The van der Waals surface area contributed by atoms with Crippen LogP contribution in [0.15, 0.2) is 17.5 Å². The quantitative estimate of drug-likeness (QED) is 0.288. The molecule has 1 fully saturated rings. The van der Waals surface area contributed by atoms with Gasteiger partial charge < -0.3 is 0 Å². The number of nitrogens with zero attached hydrogens (tertiary/aromatic N) is 2. The second-order valence-electron chi connectivity index (χ2n) is 14.7. The molecule has 1 saturated heterocycles. The van der Waals surface area contributed by atoms with Crippen LogP contribution in [0.1, 0.15) is 75.2 Å². The van der Waals surface area contributed by atoms with Gasteiger partial charge in [0.15, 0.2) is 0 Å². The van der Waals surface area contributed by atoms with Crippen LogP contribution in [-0.4, -0.2) is 72.2 Å². The van der Waals surface area contributed by atoms with Gasteiger partial charge >= 0.3 is 217 Å². The second-order valence-corrected chi connectivity index (χ2v) is 37.3. The summed E-state index contributed by atoms with van der Waals surface area (Å²) in [6.07, 6.45) is 5.12. The van der Waals surface area contributed by atoms with Gasteiger partial charge in [0, 0.05) is 0 Å². The molecule has 0 N–H and O–H groups in total. The van der Waals surface area contributed by atoms with Crippen LogP contribution in [0.4, 0.5) is 0 Å². The number of rotatable bonds is 6. The molecule has 0 amide bonds. The Kier molecular flexibility index (Phi) is 8.95. The fourth-order valence-electron chi connectivity index (χ4n) is 7.26. The van der Waals surface area contributed by atoms with Crippen LogP contribution in [0.2, 0.25) is 51.9 Å². The van der Waals surface area contributed by atoms with Gasteiger partial charge in [-0.05, 0) is 0 Å². The molecule has 0 radical (unpaired) electrons. The summed E-state index contributed by atoms with van der Waals surface area (Å²) in [5.74, 6) is 0. The fraction of sp³-hybridized carbons (Fsp3) is 0.852. The molecule has 2 nitrogen and oxygen atoms in total. The molecule has 190 valence electrons. The molecule has 2 aliphatic heterocycles. The first kappa shape index (κ1) is 29.9. The molecule has 0 aromatic carbocycles.